The summed E-state index contributed by atoms with van der Waals surface area (Å²) in [5.74, 6) is -2.78. The molecule has 0 N–H and O–H groups in total. The third-order valence-corrected chi connectivity index (χ3v) is 3.16. The van der Waals surface area contributed by atoms with Crippen molar-refractivity contribution in [3.63, 3.8) is 0 Å². The Hall–Kier alpha value is -2.10. The topological polar surface area (TPSA) is 17.1 Å². The maximum atomic E-state index is 13.6. The van der Waals surface area contributed by atoms with Crippen molar-refractivity contribution < 1.29 is 18.0 Å². The van der Waals surface area contributed by atoms with Crippen LogP contribution in [0.3, 0.4) is 0 Å². The van der Waals surface area contributed by atoms with Gasteiger partial charge in [0.25, 0.3) is 0 Å². The van der Waals surface area contributed by atoms with Crippen molar-refractivity contribution in [2.24, 2.45) is 0 Å². The van der Waals surface area contributed by atoms with Crippen molar-refractivity contribution in [2.75, 3.05) is 0 Å². The van der Waals surface area contributed by atoms with Crippen LogP contribution in [0.4, 0.5) is 13.2 Å². The van der Waals surface area contributed by atoms with Crippen LogP contribution >= 0.6 is 0 Å². The molecule has 0 aliphatic rings. The van der Waals surface area contributed by atoms with E-state index in [1.807, 2.05) is 0 Å². The van der Waals surface area contributed by atoms with Crippen molar-refractivity contribution >= 4 is 5.78 Å². The lowest BCUT2D eigenvalue weighted by atomic mass is 9.95. The van der Waals surface area contributed by atoms with Gasteiger partial charge < -0.3 is 0 Å². The maximum absolute atomic E-state index is 13.6. The van der Waals surface area contributed by atoms with Crippen molar-refractivity contribution in [3.8, 4) is 0 Å². The van der Waals surface area contributed by atoms with Crippen LogP contribution in [0.1, 0.15) is 27.0 Å². The van der Waals surface area contributed by atoms with Gasteiger partial charge in [-0.25, -0.2) is 13.2 Å². The molecule has 0 fully saturated rings. The van der Waals surface area contributed by atoms with Gasteiger partial charge in [-0.3, -0.25) is 4.79 Å². The minimum Gasteiger partial charge on any atom is -0.294 e. The van der Waals surface area contributed by atoms with Gasteiger partial charge in [-0.2, -0.15) is 0 Å². The fourth-order valence-corrected chi connectivity index (χ4v) is 2.30. The summed E-state index contributed by atoms with van der Waals surface area (Å²) in [6.07, 6.45) is -0.253. The first kappa shape index (κ1) is 14.3. The van der Waals surface area contributed by atoms with Gasteiger partial charge in [0.15, 0.2) is 17.4 Å². The van der Waals surface area contributed by atoms with Gasteiger partial charge in [-0.05, 0) is 48.7 Å². The highest BCUT2D eigenvalue weighted by Crippen LogP contribution is 2.20. The number of carbonyl (C=O) groups is 1. The average Bonchev–Trinajstić information content (AvgIpc) is 2.33. The number of benzene rings is 2. The van der Waals surface area contributed by atoms with E-state index in [1.165, 1.54) is 24.3 Å². The molecule has 0 unspecified atom stereocenters. The van der Waals surface area contributed by atoms with E-state index in [2.05, 4.69) is 0 Å². The number of halogens is 3. The molecular weight excluding hydrogens is 265 g/mol. The summed E-state index contributed by atoms with van der Waals surface area (Å²) in [5, 5.41) is 0. The fourth-order valence-electron chi connectivity index (χ4n) is 2.30. The van der Waals surface area contributed by atoms with Gasteiger partial charge in [0.1, 0.15) is 5.82 Å². The molecule has 0 atom stereocenters. The lowest BCUT2D eigenvalue weighted by molar-refractivity contribution is 0.0990. The van der Waals surface area contributed by atoms with E-state index in [1.54, 1.807) is 13.8 Å². The third kappa shape index (κ3) is 2.74. The zero-order valence-electron chi connectivity index (χ0n) is 11.1. The van der Waals surface area contributed by atoms with E-state index < -0.39 is 17.5 Å². The Morgan fingerprint density at radius 1 is 1.05 bits per heavy atom. The number of aryl methyl sites for hydroxylation is 2. The van der Waals surface area contributed by atoms with Crippen LogP contribution in [-0.2, 0) is 6.42 Å². The quantitative estimate of drug-likeness (QED) is 0.771. The zero-order valence-corrected chi connectivity index (χ0v) is 11.1. The Morgan fingerprint density at radius 2 is 1.65 bits per heavy atom. The summed E-state index contributed by atoms with van der Waals surface area (Å²) < 4.78 is 39.9. The van der Waals surface area contributed by atoms with E-state index in [4.69, 9.17) is 0 Å². The number of Topliss-reactive ketones (excluding diaryl/α,β-unsaturated/α-hetero) is 1. The molecule has 0 saturated carbocycles. The summed E-state index contributed by atoms with van der Waals surface area (Å²) in [5.41, 5.74) is 1.34. The van der Waals surface area contributed by atoms with E-state index >= 15 is 0 Å². The molecule has 0 radical (unpaired) electrons. The summed E-state index contributed by atoms with van der Waals surface area (Å²) in [6.45, 7) is 3.23. The standard InChI is InChI=1S/C16H13F3O/c1-9-6-12(17)7-10(2)15(9)14(20)8-11-4-3-5-13(18)16(11)19/h3-7H,8H2,1-2H3. The van der Waals surface area contributed by atoms with Gasteiger partial charge in [-0.15, -0.1) is 0 Å². The van der Waals surface area contributed by atoms with Crippen molar-refractivity contribution in [3.05, 3.63) is 70.0 Å². The van der Waals surface area contributed by atoms with Crippen LogP contribution in [0.2, 0.25) is 0 Å². The molecule has 0 saturated heterocycles. The first-order chi connectivity index (χ1) is 9.40. The summed E-state index contributed by atoms with van der Waals surface area (Å²) in [4.78, 5) is 12.2. The van der Waals surface area contributed by atoms with Crippen LogP contribution in [0, 0.1) is 31.3 Å². The van der Waals surface area contributed by atoms with Crippen LogP contribution in [0.5, 0.6) is 0 Å². The molecule has 0 amide bonds. The van der Waals surface area contributed by atoms with E-state index in [-0.39, 0.29) is 17.8 Å². The first-order valence-corrected chi connectivity index (χ1v) is 6.13. The fraction of sp³-hybridized carbons (Fsp3) is 0.188. The molecular formula is C16H13F3O. The number of hydrogen-bond donors (Lipinski definition) is 0. The minimum absolute atomic E-state index is 0.00174. The van der Waals surface area contributed by atoms with Gasteiger partial charge in [0.05, 0.1) is 0 Å². The molecule has 0 aliphatic heterocycles. The van der Waals surface area contributed by atoms with Crippen molar-refractivity contribution in [2.45, 2.75) is 20.3 Å². The van der Waals surface area contributed by atoms with Gasteiger partial charge >= 0.3 is 0 Å². The second-order valence-corrected chi connectivity index (χ2v) is 4.73. The van der Waals surface area contributed by atoms with Gasteiger partial charge in [0, 0.05) is 12.0 Å². The Kier molecular flexibility index (Phi) is 3.93. The molecule has 2 aromatic rings. The van der Waals surface area contributed by atoms with Gasteiger partial charge in [0.2, 0.25) is 0 Å². The van der Waals surface area contributed by atoms with Crippen LogP contribution in [0.25, 0.3) is 0 Å². The first-order valence-electron chi connectivity index (χ1n) is 6.13. The normalized spacial score (nSPS) is 10.7. The van der Waals surface area contributed by atoms with E-state index in [9.17, 15) is 18.0 Å². The Morgan fingerprint density at radius 3 is 2.25 bits per heavy atom. The second kappa shape index (κ2) is 5.49. The molecule has 0 aliphatic carbocycles. The molecule has 1 nitrogen and oxygen atoms in total. The lowest BCUT2D eigenvalue weighted by Gasteiger charge is -2.10. The average molecular weight is 278 g/mol. The second-order valence-electron chi connectivity index (χ2n) is 4.73. The zero-order chi connectivity index (χ0) is 14.9. The molecule has 0 aromatic heterocycles. The molecule has 104 valence electrons. The predicted octanol–water partition coefficient (Wildman–Crippen LogP) is 4.15. The van der Waals surface area contributed by atoms with Crippen LogP contribution in [0.15, 0.2) is 30.3 Å². The smallest absolute Gasteiger partial charge is 0.167 e. The monoisotopic (exact) mass is 278 g/mol. The van der Waals surface area contributed by atoms with Crippen molar-refractivity contribution in [1.29, 1.82) is 0 Å². The Balaban J connectivity index is 2.36. The van der Waals surface area contributed by atoms with Gasteiger partial charge in [-0.1, -0.05) is 12.1 Å². The SMILES string of the molecule is Cc1cc(F)cc(C)c1C(=O)Cc1cccc(F)c1F. The van der Waals surface area contributed by atoms with E-state index in [0.717, 1.165) is 6.07 Å². The number of hydrogen-bond acceptors (Lipinski definition) is 1. The number of ketones is 1. The molecule has 2 rings (SSSR count). The number of carbonyl (C=O) groups excluding carboxylic acids is 1. The molecule has 20 heavy (non-hydrogen) atoms. The van der Waals surface area contributed by atoms with Crippen LogP contribution in [-0.4, -0.2) is 5.78 Å². The molecule has 0 heterocycles. The largest absolute Gasteiger partial charge is 0.294 e. The minimum atomic E-state index is -1.02. The highest BCUT2D eigenvalue weighted by Gasteiger charge is 2.17. The van der Waals surface area contributed by atoms with E-state index in [0.29, 0.717) is 16.7 Å². The highest BCUT2D eigenvalue weighted by atomic mass is 19.2. The van der Waals surface area contributed by atoms with Crippen LogP contribution < -0.4 is 0 Å². The third-order valence-electron chi connectivity index (χ3n) is 3.16. The molecule has 0 bridgehead atoms. The summed E-state index contributed by atoms with van der Waals surface area (Å²) >= 11 is 0. The Labute approximate surface area is 115 Å². The number of rotatable bonds is 3. The molecule has 0 spiro atoms. The molecule has 2 aromatic carbocycles. The predicted molar refractivity (Wildman–Crippen MR) is 70.3 cm³/mol. The van der Waals surface area contributed by atoms with Crippen molar-refractivity contribution in [1.82, 2.24) is 0 Å². The molecule has 4 heteroatoms. The Bertz CT molecular complexity index is 654. The lowest BCUT2D eigenvalue weighted by Crippen LogP contribution is -2.10. The summed E-state index contributed by atoms with van der Waals surface area (Å²) in [6, 6.07) is 6.22. The highest BCUT2D eigenvalue weighted by molar-refractivity contribution is 6.00. The maximum Gasteiger partial charge on any atom is 0.167 e. The summed E-state index contributed by atoms with van der Waals surface area (Å²) in [7, 11) is 0.